The minimum absolute atomic E-state index is 0.247. The number of thiophene rings is 1. The fourth-order valence-corrected chi connectivity index (χ4v) is 4.12. The number of rotatable bonds is 5. The Morgan fingerprint density at radius 3 is 2.62 bits per heavy atom. The summed E-state index contributed by atoms with van der Waals surface area (Å²) in [5, 5.41) is 3.59. The van der Waals surface area contributed by atoms with Crippen molar-refractivity contribution in [1.29, 1.82) is 0 Å². The smallest absolute Gasteiger partial charge is 0.135 e. The molecule has 0 aliphatic carbocycles. The van der Waals surface area contributed by atoms with E-state index >= 15 is 0 Å². The number of ether oxygens (including phenoxy) is 1. The van der Waals surface area contributed by atoms with Gasteiger partial charge in [0.2, 0.25) is 0 Å². The van der Waals surface area contributed by atoms with E-state index < -0.39 is 0 Å². The summed E-state index contributed by atoms with van der Waals surface area (Å²) in [4.78, 5) is 5.67. The van der Waals surface area contributed by atoms with Gasteiger partial charge in [0.25, 0.3) is 0 Å². The van der Waals surface area contributed by atoms with Crippen LogP contribution in [0.3, 0.4) is 0 Å². The lowest BCUT2D eigenvalue weighted by Gasteiger charge is -2.19. The second kappa shape index (κ2) is 7.89. The second-order valence-electron chi connectivity index (χ2n) is 5.89. The van der Waals surface area contributed by atoms with Crippen LogP contribution >= 0.6 is 38.9 Å². The lowest BCUT2D eigenvalue weighted by molar-refractivity contribution is 0.0689. The average molecular weight is 445 g/mol. The van der Waals surface area contributed by atoms with Crippen LogP contribution in [0.2, 0.25) is 5.15 Å². The Balaban J connectivity index is 1.69. The number of halogens is 2. The van der Waals surface area contributed by atoms with Crippen LogP contribution in [0, 0.1) is 0 Å². The predicted molar refractivity (Wildman–Crippen MR) is 112 cm³/mol. The highest BCUT2D eigenvalue weighted by atomic mass is 79.9. The topological polar surface area (TPSA) is 22.1 Å². The van der Waals surface area contributed by atoms with Crippen molar-refractivity contribution in [2.24, 2.45) is 0 Å². The summed E-state index contributed by atoms with van der Waals surface area (Å²) in [7, 11) is 0. The summed E-state index contributed by atoms with van der Waals surface area (Å²) < 4.78 is 7.35. The van der Waals surface area contributed by atoms with Crippen molar-refractivity contribution in [2.75, 3.05) is 0 Å². The molecule has 4 aromatic rings. The molecule has 0 bridgehead atoms. The van der Waals surface area contributed by atoms with E-state index in [1.54, 1.807) is 11.3 Å². The molecule has 1 unspecified atom stereocenters. The molecule has 0 amide bonds. The molecule has 1 atom stereocenters. The van der Waals surface area contributed by atoms with Gasteiger partial charge in [-0.15, -0.1) is 11.3 Å². The Kier molecular flexibility index (Phi) is 5.36. The maximum Gasteiger partial charge on any atom is 0.135 e. The SMILES string of the molecule is Clc1nc2ccccc2cc1C(OCc1ccc(Br)cc1)c1cccs1. The largest absolute Gasteiger partial charge is 0.363 e. The molecule has 130 valence electrons. The number of nitrogens with zero attached hydrogens (tertiary/aromatic N) is 1. The van der Waals surface area contributed by atoms with E-state index in [0.29, 0.717) is 11.8 Å². The van der Waals surface area contributed by atoms with Crippen LogP contribution in [-0.4, -0.2) is 4.98 Å². The van der Waals surface area contributed by atoms with Gasteiger partial charge in [-0.05, 0) is 41.3 Å². The van der Waals surface area contributed by atoms with Crippen LogP contribution in [0.1, 0.15) is 22.1 Å². The Labute approximate surface area is 169 Å². The molecule has 0 fully saturated rings. The van der Waals surface area contributed by atoms with E-state index in [2.05, 4.69) is 45.2 Å². The number of pyridine rings is 1. The molecule has 0 aliphatic heterocycles. The number of benzene rings is 2. The van der Waals surface area contributed by atoms with Gasteiger partial charge >= 0.3 is 0 Å². The fraction of sp³-hybridized carbons (Fsp3) is 0.0952. The standard InChI is InChI=1S/C21H15BrClNOS/c22-16-9-7-14(8-10-16)13-25-20(19-6-3-11-26-19)17-12-15-4-1-2-5-18(15)24-21(17)23/h1-12,20H,13H2. The molecule has 2 nitrogen and oxygen atoms in total. The summed E-state index contributed by atoms with van der Waals surface area (Å²) in [6.07, 6.45) is -0.247. The Morgan fingerprint density at radius 1 is 1.04 bits per heavy atom. The number of hydrogen-bond acceptors (Lipinski definition) is 3. The van der Waals surface area contributed by atoms with Crippen molar-refractivity contribution in [3.8, 4) is 0 Å². The van der Waals surface area contributed by atoms with Gasteiger partial charge in [0, 0.05) is 20.3 Å². The first-order valence-corrected chi connectivity index (χ1v) is 10.2. The second-order valence-corrected chi connectivity index (χ2v) is 8.15. The van der Waals surface area contributed by atoms with E-state index in [1.807, 2.05) is 47.8 Å². The van der Waals surface area contributed by atoms with Crippen LogP contribution < -0.4 is 0 Å². The Bertz CT molecular complexity index is 1020. The summed E-state index contributed by atoms with van der Waals surface area (Å²) in [6.45, 7) is 0.499. The molecule has 0 spiro atoms. The summed E-state index contributed by atoms with van der Waals surface area (Å²) in [5.74, 6) is 0. The molecule has 0 saturated carbocycles. The van der Waals surface area contributed by atoms with Gasteiger partial charge in [0.05, 0.1) is 12.1 Å². The first-order valence-electron chi connectivity index (χ1n) is 8.15. The number of fused-ring (bicyclic) bond motifs is 1. The highest BCUT2D eigenvalue weighted by molar-refractivity contribution is 9.10. The Hall–Kier alpha value is -1.72. The van der Waals surface area contributed by atoms with Gasteiger partial charge in [0.15, 0.2) is 0 Å². The molecular weight excluding hydrogens is 430 g/mol. The van der Waals surface area contributed by atoms with Gasteiger partial charge in [-0.1, -0.05) is 63.9 Å². The minimum Gasteiger partial charge on any atom is -0.363 e. The molecule has 2 heterocycles. The summed E-state index contributed by atoms with van der Waals surface area (Å²) in [6, 6.07) is 22.3. The molecular formula is C21H15BrClNOS. The highest BCUT2D eigenvalue weighted by Gasteiger charge is 2.20. The van der Waals surface area contributed by atoms with Gasteiger partial charge < -0.3 is 4.74 Å². The van der Waals surface area contributed by atoms with Crippen LogP contribution in [0.25, 0.3) is 10.9 Å². The molecule has 2 aromatic carbocycles. The van der Waals surface area contributed by atoms with E-state index in [1.165, 1.54) is 0 Å². The van der Waals surface area contributed by atoms with Crippen LogP contribution in [0.15, 0.2) is 76.6 Å². The molecule has 0 radical (unpaired) electrons. The summed E-state index contributed by atoms with van der Waals surface area (Å²) in [5.41, 5.74) is 2.89. The first-order chi connectivity index (χ1) is 12.7. The van der Waals surface area contributed by atoms with Crippen LogP contribution in [0.4, 0.5) is 0 Å². The number of hydrogen-bond donors (Lipinski definition) is 0. The van der Waals surface area contributed by atoms with Crippen molar-refractivity contribution < 1.29 is 4.74 Å². The normalized spacial score (nSPS) is 12.4. The molecule has 5 heteroatoms. The Morgan fingerprint density at radius 2 is 1.85 bits per heavy atom. The number of para-hydroxylation sites is 1. The van der Waals surface area contributed by atoms with Gasteiger partial charge in [0.1, 0.15) is 11.3 Å². The molecule has 0 saturated heterocycles. The van der Waals surface area contributed by atoms with Crippen molar-refractivity contribution in [1.82, 2.24) is 4.98 Å². The maximum atomic E-state index is 6.52. The zero-order valence-electron chi connectivity index (χ0n) is 13.7. The zero-order chi connectivity index (χ0) is 17.9. The third-order valence-corrected chi connectivity index (χ3v) is 5.87. The monoisotopic (exact) mass is 443 g/mol. The van der Waals surface area contributed by atoms with E-state index in [-0.39, 0.29) is 6.10 Å². The van der Waals surface area contributed by atoms with Crippen molar-refractivity contribution in [3.63, 3.8) is 0 Å². The zero-order valence-corrected chi connectivity index (χ0v) is 16.9. The van der Waals surface area contributed by atoms with Crippen LogP contribution in [-0.2, 0) is 11.3 Å². The van der Waals surface area contributed by atoms with Crippen LogP contribution in [0.5, 0.6) is 0 Å². The molecule has 0 N–H and O–H groups in total. The molecule has 26 heavy (non-hydrogen) atoms. The van der Waals surface area contributed by atoms with E-state index in [4.69, 9.17) is 16.3 Å². The third kappa shape index (κ3) is 3.84. The lowest BCUT2D eigenvalue weighted by atomic mass is 10.1. The highest BCUT2D eigenvalue weighted by Crippen LogP contribution is 2.35. The lowest BCUT2D eigenvalue weighted by Crippen LogP contribution is -2.07. The van der Waals surface area contributed by atoms with E-state index in [9.17, 15) is 0 Å². The van der Waals surface area contributed by atoms with Gasteiger partial charge in [-0.2, -0.15) is 0 Å². The average Bonchev–Trinajstić information content (AvgIpc) is 3.18. The van der Waals surface area contributed by atoms with Gasteiger partial charge in [-0.25, -0.2) is 4.98 Å². The molecule has 0 aliphatic rings. The predicted octanol–water partition coefficient (Wildman–Crippen LogP) is 7.02. The number of aromatic nitrogens is 1. The quantitative estimate of drug-likeness (QED) is 0.309. The van der Waals surface area contributed by atoms with E-state index in [0.717, 1.165) is 31.4 Å². The van der Waals surface area contributed by atoms with Crippen molar-refractivity contribution >= 4 is 49.8 Å². The molecule has 4 rings (SSSR count). The minimum atomic E-state index is -0.247. The molecule has 2 aromatic heterocycles. The van der Waals surface area contributed by atoms with Crippen molar-refractivity contribution in [3.05, 3.63) is 97.7 Å². The maximum absolute atomic E-state index is 6.52. The van der Waals surface area contributed by atoms with Gasteiger partial charge in [-0.3, -0.25) is 0 Å². The fourth-order valence-electron chi connectivity index (χ4n) is 2.82. The first kappa shape index (κ1) is 17.7. The summed E-state index contributed by atoms with van der Waals surface area (Å²) >= 11 is 11.6. The third-order valence-electron chi connectivity index (χ3n) is 4.12. The van der Waals surface area contributed by atoms with Crippen molar-refractivity contribution in [2.45, 2.75) is 12.7 Å².